The van der Waals surface area contributed by atoms with E-state index in [4.69, 9.17) is 9.47 Å². The van der Waals surface area contributed by atoms with Gasteiger partial charge in [-0.2, -0.15) is 0 Å². The smallest absolute Gasteiger partial charge is 0.225 e. The summed E-state index contributed by atoms with van der Waals surface area (Å²) in [6.07, 6.45) is 0.882. The fourth-order valence-electron chi connectivity index (χ4n) is 3.02. The van der Waals surface area contributed by atoms with Crippen LogP contribution < -0.4 is 20.1 Å². The first-order valence-corrected chi connectivity index (χ1v) is 9.49. The average Bonchev–Trinajstić information content (AvgIpc) is 3.12. The molecule has 0 aromatic heterocycles. The van der Waals surface area contributed by atoms with E-state index in [1.54, 1.807) is 14.2 Å². The number of nitrogens with one attached hydrogen (secondary N) is 2. The van der Waals surface area contributed by atoms with Crippen molar-refractivity contribution in [1.82, 2.24) is 15.5 Å². The SMILES string of the molecule is CN=C(NCC(C)Oc1cccc(OC)c1)NC1CCN(C(=O)C(C)C)C1.I. The van der Waals surface area contributed by atoms with Gasteiger partial charge in [-0.3, -0.25) is 9.79 Å². The summed E-state index contributed by atoms with van der Waals surface area (Å²) in [5.41, 5.74) is 0. The standard InChI is InChI=1S/C20H32N4O3.HI/c1-14(2)19(25)24-10-9-16(13-24)23-20(21-4)22-12-15(3)27-18-8-6-7-17(11-18)26-5;/h6-8,11,14-16H,9-10,12-13H2,1-5H3,(H2,21,22,23);1H. The van der Waals surface area contributed by atoms with E-state index in [2.05, 4.69) is 15.6 Å². The van der Waals surface area contributed by atoms with Gasteiger partial charge in [-0.15, -0.1) is 24.0 Å². The lowest BCUT2D eigenvalue weighted by molar-refractivity contribution is -0.133. The molecule has 0 saturated carbocycles. The minimum Gasteiger partial charge on any atom is -0.497 e. The van der Waals surface area contributed by atoms with Gasteiger partial charge >= 0.3 is 0 Å². The Labute approximate surface area is 185 Å². The number of carbonyl (C=O) groups is 1. The molecule has 0 bridgehead atoms. The van der Waals surface area contributed by atoms with Gasteiger partial charge in [-0.1, -0.05) is 19.9 Å². The molecule has 2 N–H and O–H groups in total. The van der Waals surface area contributed by atoms with Crippen LogP contribution in [0.25, 0.3) is 0 Å². The van der Waals surface area contributed by atoms with Crippen molar-refractivity contribution in [3.63, 3.8) is 0 Å². The van der Waals surface area contributed by atoms with Crippen molar-refractivity contribution in [3.8, 4) is 11.5 Å². The van der Waals surface area contributed by atoms with Crippen LogP contribution in [-0.2, 0) is 4.79 Å². The Morgan fingerprint density at radius 3 is 2.68 bits per heavy atom. The molecule has 0 radical (unpaired) electrons. The number of likely N-dealkylation sites (tertiary alicyclic amines) is 1. The van der Waals surface area contributed by atoms with Crippen LogP contribution in [-0.4, -0.2) is 62.7 Å². The molecule has 1 aliphatic rings. The molecular weight excluding hydrogens is 471 g/mol. The van der Waals surface area contributed by atoms with Crippen LogP contribution in [0.4, 0.5) is 0 Å². The summed E-state index contributed by atoms with van der Waals surface area (Å²) in [4.78, 5) is 18.3. The molecule has 1 amide bonds. The molecule has 1 aromatic rings. The molecule has 1 aliphatic heterocycles. The molecule has 1 aromatic carbocycles. The van der Waals surface area contributed by atoms with E-state index in [0.717, 1.165) is 30.4 Å². The number of aliphatic imine (C=N–C) groups is 1. The van der Waals surface area contributed by atoms with Crippen molar-refractivity contribution >= 4 is 35.8 Å². The number of methoxy groups -OCH3 is 1. The molecule has 158 valence electrons. The minimum atomic E-state index is -0.0433. The molecule has 28 heavy (non-hydrogen) atoms. The summed E-state index contributed by atoms with van der Waals surface area (Å²) in [7, 11) is 3.38. The third kappa shape index (κ3) is 7.37. The number of benzene rings is 1. The van der Waals surface area contributed by atoms with E-state index in [0.29, 0.717) is 13.1 Å². The number of guanidine groups is 1. The van der Waals surface area contributed by atoms with Crippen molar-refractivity contribution < 1.29 is 14.3 Å². The predicted molar refractivity (Wildman–Crippen MR) is 123 cm³/mol. The molecular formula is C20H33IN4O3. The van der Waals surface area contributed by atoms with Gasteiger partial charge in [0.2, 0.25) is 5.91 Å². The van der Waals surface area contributed by atoms with E-state index in [1.165, 1.54) is 0 Å². The topological polar surface area (TPSA) is 75.2 Å². The Morgan fingerprint density at radius 1 is 1.32 bits per heavy atom. The van der Waals surface area contributed by atoms with Gasteiger partial charge in [0.15, 0.2) is 5.96 Å². The van der Waals surface area contributed by atoms with Crippen molar-refractivity contribution in [2.24, 2.45) is 10.9 Å². The molecule has 2 atom stereocenters. The van der Waals surface area contributed by atoms with Crippen LogP contribution in [0.2, 0.25) is 0 Å². The largest absolute Gasteiger partial charge is 0.497 e. The van der Waals surface area contributed by atoms with Gasteiger partial charge in [0.25, 0.3) is 0 Å². The van der Waals surface area contributed by atoms with Crippen molar-refractivity contribution in [2.75, 3.05) is 33.8 Å². The molecule has 2 unspecified atom stereocenters. The Balaban J connectivity index is 0.00000392. The third-order valence-corrected chi connectivity index (χ3v) is 4.49. The summed E-state index contributed by atoms with van der Waals surface area (Å²) >= 11 is 0. The lowest BCUT2D eigenvalue weighted by Crippen LogP contribution is -2.47. The van der Waals surface area contributed by atoms with Crippen LogP contribution in [0.5, 0.6) is 11.5 Å². The Kier molecular flexibility index (Phi) is 10.4. The first-order valence-electron chi connectivity index (χ1n) is 9.49. The quantitative estimate of drug-likeness (QED) is 0.339. The highest BCUT2D eigenvalue weighted by Gasteiger charge is 2.28. The molecule has 8 heteroatoms. The second-order valence-electron chi connectivity index (χ2n) is 7.13. The van der Waals surface area contributed by atoms with Crippen LogP contribution in [0.15, 0.2) is 29.3 Å². The summed E-state index contributed by atoms with van der Waals surface area (Å²) in [6.45, 7) is 7.99. The normalized spacial score (nSPS) is 17.7. The highest BCUT2D eigenvalue weighted by Crippen LogP contribution is 2.19. The fourth-order valence-corrected chi connectivity index (χ4v) is 3.02. The summed E-state index contributed by atoms with van der Waals surface area (Å²) in [6, 6.07) is 7.77. The molecule has 1 fully saturated rings. The van der Waals surface area contributed by atoms with E-state index in [9.17, 15) is 4.79 Å². The van der Waals surface area contributed by atoms with Gasteiger partial charge in [-0.05, 0) is 25.5 Å². The summed E-state index contributed by atoms with van der Waals surface area (Å²) in [5, 5.41) is 6.69. The average molecular weight is 504 g/mol. The highest BCUT2D eigenvalue weighted by atomic mass is 127. The van der Waals surface area contributed by atoms with Gasteiger partial charge in [-0.25, -0.2) is 0 Å². The lowest BCUT2D eigenvalue weighted by Gasteiger charge is -2.21. The molecule has 1 saturated heterocycles. The van der Waals surface area contributed by atoms with Crippen LogP contribution in [0.1, 0.15) is 27.2 Å². The first kappa shape index (κ1) is 24.3. The Hall–Kier alpha value is -1.71. The van der Waals surface area contributed by atoms with E-state index in [1.807, 2.05) is 49.9 Å². The monoisotopic (exact) mass is 504 g/mol. The Bertz CT molecular complexity index is 654. The van der Waals surface area contributed by atoms with E-state index in [-0.39, 0.29) is 47.9 Å². The van der Waals surface area contributed by atoms with Gasteiger partial charge in [0, 0.05) is 38.2 Å². The van der Waals surface area contributed by atoms with Gasteiger partial charge in [0.05, 0.1) is 13.7 Å². The fraction of sp³-hybridized carbons (Fsp3) is 0.600. The number of hydrogen-bond acceptors (Lipinski definition) is 4. The maximum atomic E-state index is 12.1. The van der Waals surface area contributed by atoms with Crippen molar-refractivity contribution in [1.29, 1.82) is 0 Å². The third-order valence-electron chi connectivity index (χ3n) is 4.49. The molecule has 7 nitrogen and oxygen atoms in total. The molecule has 2 rings (SSSR count). The zero-order valence-electron chi connectivity index (χ0n) is 17.4. The number of carbonyl (C=O) groups excluding carboxylic acids is 1. The maximum Gasteiger partial charge on any atom is 0.225 e. The predicted octanol–water partition coefficient (Wildman–Crippen LogP) is 2.50. The number of amides is 1. The second-order valence-corrected chi connectivity index (χ2v) is 7.13. The first-order chi connectivity index (χ1) is 12.9. The number of ether oxygens (including phenoxy) is 2. The lowest BCUT2D eigenvalue weighted by atomic mass is 10.2. The minimum absolute atomic E-state index is 0. The second kappa shape index (κ2) is 12.0. The van der Waals surface area contributed by atoms with Gasteiger partial charge in [0.1, 0.15) is 17.6 Å². The van der Waals surface area contributed by atoms with Gasteiger partial charge < -0.3 is 25.0 Å². The van der Waals surface area contributed by atoms with Crippen LogP contribution in [0.3, 0.4) is 0 Å². The number of halogens is 1. The van der Waals surface area contributed by atoms with Crippen molar-refractivity contribution in [2.45, 2.75) is 39.3 Å². The molecule has 0 aliphatic carbocycles. The zero-order chi connectivity index (χ0) is 19.8. The van der Waals surface area contributed by atoms with Crippen LogP contribution in [0, 0.1) is 5.92 Å². The number of rotatable bonds is 7. The summed E-state index contributed by atoms with van der Waals surface area (Å²) < 4.78 is 11.1. The molecule has 1 heterocycles. The summed E-state index contributed by atoms with van der Waals surface area (Å²) in [5.74, 6) is 2.51. The molecule has 0 spiro atoms. The van der Waals surface area contributed by atoms with Crippen molar-refractivity contribution in [3.05, 3.63) is 24.3 Å². The highest BCUT2D eigenvalue weighted by molar-refractivity contribution is 14.0. The van der Waals surface area contributed by atoms with Crippen LogP contribution >= 0.6 is 24.0 Å². The maximum absolute atomic E-state index is 12.1. The number of hydrogen-bond donors (Lipinski definition) is 2. The zero-order valence-corrected chi connectivity index (χ0v) is 19.7. The van der Waals surface area contributed by atoms with E-state index >= 15 is 0 Å². The Morgan fingerprint density at radius 2 is 2.04 bits per heavy atom. The van der Waals surface area contributed by atoms with E-state index < -0.39 is 0 Å². The number of nitrogens with zero attached hydrogens (tertiary/aromatic N) is 2.